The number of hydrogen-bond acceptors (Lipinski definition) is 3. The highest BCUT2D eigenvalue weighted by molar-refractivity contribution is 7.16. The Balaban J connectivity index is 1.98. The maximum Gasteiger partial charge on any atom is 0.323 e. The number of carbonyl (C=O) groups excluding carboxylic acids is 1. The molecule has 1 amide bonds. The van der Waals surface area contributed by atoms with Crippen LogP contribution in [-0.2, 0) is 22.4 Å². The molecule has 0 aliphatic heterocycles. The van der Waals surface area contributed by atoms with Gasteiger partial charge in [0.15, 0.2) is 0 Å². The zero-order valence-electron chi connectivity index (χ0n) is 11.9. The third-order valence-electron chi connectivity index (χ3n) is 3.15. The van der Waals surface area contributed by atoms with Crippen LogP contribution in [0.15, 0.2) is 42.5 Å². The fraction of sp³-hybridized carbons (Fsp3) is 0.250. The highest BCUT2D eigenvalue weighted by atomic mass is 35.5. The van der Waals surface area contributed by atoms with E-state index in [1.54, 1.807) is 12.1 Å². The number of thiophene rings is 1. The second-order valence-electron chi connectivity index (χ2n) is 4.83. The predicted octanol–water partition coefficient (Wildman–Crippen LogP) is 3.10. The monoisotopic (exact) mass is 337 g/mol. The van der Waals surface area contributed by atoms with Gasteiger partial charge in [0.25, 0.3) is 0 Å². The lowest BCUT2D eigenvalue weighted by atomic mass is 10.1. The average molecular weight is 338 g/mol. The number of halogens is 1. The van der Waals surface area contributed by atoms with Gasteiger partial charge in [-0.15, -0.1) is 11.3 Å². The Hall–Kier alpha value is -1.85. The van der Waals surface area contributed by atoms with Gasteiger partial charge < -0.3 is 10.0 Å². The van der Waals surface area contributed by atoms with E-state index >= 15 is 0 Å². The Bertz CT molecular complexity index is 642. The second-order valence-corrected chi connectivity index (χ2v) is 6.63. The highest BCUT2D eigenvalue weighted by Crippen LogP contribution is 2.22. The highest BCUT2D eigenvalue weighted by Gasteiger charge is 2.17. The van der Waals surface area contributed by atoms with Gasteiger partial charge in [0.1, 0.15) is 6.54 Å². The van der Waals surface area contributed by atoms with Crippen molar-refractivity contribution in [2.75, 3.05) is 13.1 Å². The lowest BCUT2D eigenvalue weighted by Gasteiger charge is -2.20. The summed E-state index contributed by atoms with van der Waals surface area (Å²) in [5.74, 6) is -1.21. The molecular formula is C16H16ClNO3S. The smallest absolute Gasteiger partial charge is 0.323 e. The van der Waals surface area contributed by atoms with Crippen molar-refractivity contribution >= 4 is 34.8 Å². The van der Waals surface area contributed by atoms with Gasteiger partial charge in [-0.2, -0.15) is 0 Å². The summed E-state index contributed by atoms with van der Waals surface area (Å²) >= 11 is 7.19. The fourth-order valence-electron chi connectivity index (χ4n) is 2.07. The van der Waals surface area contributed by atoms with E-state index in [9.17, 15) is 9.59 Å². The van der Waals surface area contributed by atoms with Crippen LogP contribution in [0, 0.1) is 0 Å². The molecule has 0 saturated heterocycles. The first-order chi connectivity index (χ1) is 10.5. The van der Waals surface area contributed by atoms with E-state index < -0.39 is 5.97 Å². The van der Waals surface area contributed by atoms with Crippen LogP contribution in [0.3, 0.4) is 0 Å². The van der Waals surface area contributed by atoms with E-state index in [1.807, 2.05) is 30.3 Å². The molecule has 0 aliphatic carbocycles. The number of aliphatic carboxylic acids is 1. The molecule has 22 heavy (non-hydrogen) atoms. The summed E-state index contributed by atoms with van der Waals surface area (Å²) in [5, 5.41) is 8.99. The molecule has 1 aromatic carbocycles. The van der Waals surface area contributed by atoms with Crippen LogP contribution in [0.25, 0.3) is 0 Å². The Morgan fingerprint density at radius 2 is 1.86 bits per heavy atom. The molecule has 0 radical (unpaired) electrons. The molecule has 116 valence electrons. The van der Waals surface area contributed by atoms with Gasteiger partial charge in [0.05, 0.1) is 10.8 Å². The van der Waals surface area contributed by atoms with Crippen LogP contribution < -0.4 is 0 Å². The molecule has 0 saturated carbocycles. The summed E-state index contributed by atoms with van der Waals surface area (Å²) in [6.45, 7) is 0.0963. The summed E-state index contributed by atoms with van der Waals surface area (Å²) < 4.78 is 0.622. The molecule has 0 aliphatic rings. The minimum Gasteiger partial charge on any atom is -0.480 e. The fourth-order valence-corrected chi connectivity index (χ4v) is 3.15. The first-order valence-corrected chi connectivity index (χ1v) is 8.02. The van der Waals surface area contributed by atoms with Gasteiger partial charge in [-0.05, 0) is 24.1 Å². The Labute approximate surface area is 137 Å². The van der Waals surface area contributed by atoms with Gasteiger partial charge in [-0.1, -0.05) is 41.9 Å². The number of benzene rings is 1. The van der Waals surface area contributed by atoms with Crippen LogP contribution >= 0.6 is 22.9 Å². The molecule has 0 bridgehead atoms. The predicted molar refractivity (Wildman–Crippen MR) is 87.4 cm³/mol. The van der Waals surface area contributed by atoms with E-state index in [0.29, 0.717) is 17.3 Å². The normalized spacial score (nSPS) is 10.4. The third kappa shape index (κ3) is 5.16. The van der Waals surface area contributed by atoms with Crippen LogP contribution in [0.5, 0.6) is 0 Å². The minimum atomic E-state index is -1.01. The summed E-state index contributed by atoms with van der Waals surface area (Å²) in [5.41, 5.74) is 1.07. The molecule has 1 N–H and O–H groups in total. The molecule has 0 unspecified atom stereocenters. The van der Waals surface area contributed by atoms with Crippen LogP contribution in [0.1, 0.15) is 10.4 Å². The van der Waals surface area contributed by atoms with Crippen molar-refractivity contribution in [2.45, 2.75) is 12.8 Å². The first kappa shape index (κ1) is 16.5. The molecular weight excluding hydrogens is 322 g/mol. The molecule has 1 aromatic heterocycles. The van der Waals surface area contributed by atoms with Gasteiger partial charge >= 0.3 is 5.97 Å². The number of amides is 1. The van der Waals surface area contributed by atoms with Gasteiger partial charge in [-0.3, -0.25) is 9.59 Å². The second kappa shape index (κ2) is 7.96. The quantitative estimate of drug-likeness (QED) is 0.844. The topological polar surface area (TPSA) is 57.6 Å². The van der Waals surface area contributed by atoms with Crippen LogP contribution in [0.4, 0.5) is 0 Å². The lowest BCUT2D eigenvalue weighted by Crippen LogP contribution is -2.38. The maximum absolute atomic E-state index is 12.3. The molecule has 4 nitrogen and oxygen atoms in total. The minimum absolute atomic E-state index is 0.180. The Kier molecular flexibility index (Phi) is 5.98. The number of carboxylic acid groups (broad SMARTS) is 1. The number of carboxylic acids is 1. The summed E-state index contributed by atoms with van der Waals surface area (Å²) in [4.78, 5) is 25.5. The summed E-state index contributed by atoms with van der Waals surface area (Å²) in [6.07, 6.45) is 0.810. The van der Waals surface area contributed by atoms with Gasteiger partial charge in [0, 0.05) is 11.4 Å². The third-order valence-corrected chi connectivity index (χ3v) is 4.38. The zero-order chi connectivity index (χ0) is 15.9. The van der Waals surface area contributed by atoms with Crippen molar-refractivity contribution in [2.24, 2.45) is 0 Å². The SMILES string of the molecule is O=C(O)CN(CCc1ccccc1)C(=O)Cc1ccc(Cl)s1. The summed E-state index contributed by atoms with van der Waals surface area (Å²) in [7, 11) is 0. The number of carbonyl (C=O) groups is 2. The molecule has 2 aromatic rings. The molecule has 0 fully saturated rings. The van der Waals surface area contributed by atoms with Crippen LogP contribution in [-0.4, -0.2) is 35.0 Å². The molecule has 0 spiro atoms. The average Bonchev–Trinajstić information content (AvgIpc) is 2.89. The summed E-state index contributed by atoms with van der Waals surface area (Å²) in [6, 6.07) is 13.2. The van der Waals surface area contributed by atoms with Crippen molar-refractivity contribution in [3.05, 3.63) is 57.2 Å². The van der Waals surface area contributed by atoms with E-state index in [4.69, 9.17) is 16.7 Å². The Morgan fingerprint density at radius 3 is 2.45 bits per heavy atom. The molecule has 0 atom stereocenters. The molecule has 2 rings (SSSR count). The van der Waals surface area contributed by atoms with Gasteiger partial charge in [0.2, 0.25) is 5.91 Å². The zero-order valence-corrected chi connectivity index (χ0v) is 13.4. The lowest BCUT2D eigenvalue weighted by molar-refractivity contribution is -0.144. The van der Waals surface area contributed by atoms with E-state index in [2.05, 4.69) is 0 Å². The van der Waals surface area contributed by atoms with E-state index in [0.717, 1.165) is 10.4 Å². The number of rotatable bonds is 7. The van der Waals surface area contributed by atoms with Crippen molar-refractivity contribution < 1.29 is 14.7 Å². The molecule has 6 heteroatoms. The van der Waals surface area contributed by atoms with Crippen LogP contribution in [0.2, 0.25) is 4.34 Å². The van der Waals surface area contributed by atoms with Gasteiger partial charge in [-0.25, -0.2) is 0 Å². The van der Waals surface area contributed by atoms with Crippen molar-refractivity contribution in [3.63, 3.8) is 0 Å². The number of nitrogens with zero attached hydrogens (tertiary/aromatic N) is 1. The maximum atomic E-state index is 12.3. The first-order valence-electron chi connectivity index (χ1n) is 6.82. The van der Waals surface area contributed by atoms with Crippen molar-refractivity contribution in [1.82, 2.24) is 4.90 Å². The van der Waals surface area contributed by atoms with Crippen molar-refractivity contribution in [3.8, 4) is 0 Å². The van der Waals surface area contributed by atoms with Crippen molar-refractivity contribution in [1.29, 1.82) is 0 Å². The Morgan fingerprint density at radius 1 is 1.14 bits per heavy atom. The molecule has 1 heterocycles. The van der Waals surface area contributed by atoms with E-state index in [1.165, 1.54) is 16.2 Å². The number of hydrogen-bond donors (Lipinski definition) is 1. The standard InChI is InChI=1S/C16H16ClNO3S/c17-14-7-6-13(22-14)10-15(19)18(11-16(20)21)9-8-12-4-2-1-3-5-12/h1-7H,8-11H2,(H,20,21). The van der Waals surface area contributed by atoms with E-state index in [-0.39, 0.29) is 18.9 Å². The largest absolute Gasteiger partial charge is 0.480 e.